The summed E-state index contributed by atoms with van der Waals surface area (Å²) in [7, 11) is 0.164. The Morgan fingerprint density at radius 3 is 2.50 bits per heavy atom. The fourth-order valence-electron chi connectivity index (χ4n) is 1.65. The summed E-state index contributed by atoms with van der Waals surface area (Å²) in [6.45, 7) is 7.40. The Balaban J connectivity index is 2.43. The van der Waals surface area contributed by atoms with Gasteiger partial charge in [-0.1, -0.05) is 25.6 Å². The molecule has 1 heterocycles. The van der Waals surface area contributed by atoms with Gasteiger partial charge in [-0.15, -0.1) is 5.54 Å². The molecule has 1 N–H and O–H groups in total. The van der Waals surface area contributed by atoms with E-state index in [9.17, 15) is 4.79 Å². The minimum absolute atomic E-state index is 0.00920. The number of hydrogen-bond donors (Lipinski definition) is 1. The number of ether oxygens (including phenoxy) is 1. The van der Waals surface area contributed by atoms with Crippen LogP contribution in [0, 0.1) is 17.4 Å². The van der Waals surface area contributed by atoms with Crippen LogP contribution < -0.4 is 5.32 Å². The van der Waals surface area contributed by atoms with E-state index in [-0.39, 0.29) is 17.9 Å². The second-order valence-electron chi connectivity index (χ2n) is 5.28. The molecule has 0 aromatic rings. The zero-order valence-electron chi connectivity index (χ0n) is 10.6. The van der Waals surface area contributed by atoms with Crippen molar-refractivity contribution in [2.24, 2.45) is 5.92 Å². The molecule has 0 amide bonds. The normalized spacial score (nSPS) is 25.5. The van der Waals surface area contributed by atoms with Crippen molar-refractivity contribution in [3.63, 3.8) is 0 Å². The van der Waals surface area contributed by atoms with Gasteiger partial charge in [0.1, 0.15) is 8.07 Å². The average Bonchev–Trinajstić information content (AvgIpc) is 2.25. The Kier molecular flexibility index (Phi) is 4.57. The van der Waals surface area contributed by atoms with Gasteiger partial charge < -0.3 is 10.1 Å². The van der Waals surface area contributed by atoms with Crippen LogP contribution in [0.25, 0.3) is 0 Å². The summed E-state index contributed by atoms with van der Waals surface area (Å²) >= 11 is 0. The van der Waals surface area contributed by atoms with Crippen LogP contribution in [0.1, 0.15) is 12.8 Å². The number of nitrogens with one attached hydrogen (secondary N) is 1. The van der Waals surface area contributed by atoms with Crippen molar-refractivity contribution in [2.75, 3.05) is 13.7 Å². The highest BCUT2D eigenvalue weighted by Crippen LogP contribution is 2.15. The maximum atomic E-state index is 11.3. The first kappa shape index (κ1) is 13.3. The van der Waals surface area contributed by atoms with Crippen molar-refractivity contribution >= 4 is 14.0 Å². The topological polar surface area (TPSA) is 38.3 Å². The lowest BCUT2D eigenvalue weighted by atomic mass is 9.95. The lowest BCUT2D eigenvalue weighted by Gasteiger charge is -2.25. The van der Waals surface area contributed by atoms with Crippen LogP contribution in [0.15, 0.2) is 0 Å². The molecule has 0 saturated carbocycles. The van der Waals surface area contributed by atoms with Crippen molar-refractivity contribution < 1.29 is 9.53 Å². The second kappa shape index (κ2) is 5.51. The van der Waals surface area contributed by atoms with Gasteiger partial charge in [-0.05, 0) is 12.8 Å². The molecule has 0 bridgehead atoms. The monoisotopic (exact) mass is 239 g/mol. The van der Waals surface area contributed by atoms with E-state index in [1.165, 1.54) is 7.11 Å². The third-order valence-corrected chi connectivity index (χ3v) is 3.46. The van der Waals surface area contributed by atoms with E-state index < -0.39 is 8.07 Å². The Hall–Kier alpha value is -0.793. The summed E-state index contributed by atoms with van der Waals surface area (Å²) in [6.07, 6.45) is 1.82. The predicted molar refractivity (Wildman–Crippen MR) is 67.7 cm³/mol. The Bertz CT molecular complexity index is 303. The van der Waals surface area contributed by atoms with Gasteiger partial charge in [0.25, 0.3) is 0 Å². The first-order chi connectivity index (χ1) is 7.42. The molecule has 1 fully saturated rings. The maximum Gasteiger partial charge on any atom is 0.309 e. The van der Waals surface area contributed by atoms with E-state index in [1.54, 1.807) is 0 Å². The molecule has 0 unspecified atom stereocenters. The highest BCUT2D eigenvalue weighted by molar-refractivity contribution is 6.83. The van der Waals surface area contributed by atoms with E-state index in [0.29, 0.717) is 6.54 Å². The van der Waals surface area contributed by atoms with Crippen molar-refractivity contribution in [2.45, 2.75) is 38.5 Å². The Labute approximate surface area is 99.0 Å². The lowest BCUT2D eigenvalue weighted by molar-refractivity contribution is -0.146. The van der Waals surface area contributed by atoms with Gasteiger partial charge in [0.15, 0.2) is 0 Å². The summed E-state index contributed by atoms with van der Waals surface area (Å²) in [4.78, 5) is 11.3. The third-order valence-electron chi connectivity index (χ3n) is 2.57. The number of carbonyl (C=O) groups is 1. The first-order valence-corrected chi connectivity index (χ1v) is 9.26. The minimum atomic E-state index is -1.28. The molecule has 1 rings (SSSR count). The van der Waals surface area contributed by atoms with E-state index in [2.05, 4.69) is 36.4 Å². The van der Waals surface area contributed by atoms with Crippen LogP contribution in [0.5, 0.6) is 0 Å². The van der Waals surface area contributed by atoms with Gasteiger partial charge in [-0.25, -0.2) is 0 Å². The highest BCUT2D eigenvalue weighted by atomic mass is 28.3. The number of rotatable bonds is 1. The van der Waals surface area contributed by atoms with Crippen molar-refractivity contribution in [1.82, 2.24) is 5.32 Å². The van der Waals surface area contributed by atoms with Crippen molar-refractivity contribution in [3.8, 4) is 11.5 Å². The standard InChI is InChI=1S/C12H21NO2Si/c1-15-12(14)10-5-6-11(13-9-10)7-8-16(2,3)4/h10-11,13H,5-6,9H2,1-4H3/t10-,11-/m1/s1. The van der Waals surface area contributed by atoms with Crippen LogP contribution in [-0.4, -0.2) is 33.7 Å². The molecule has 1 saturated heterocycles. The molecule has 1 aliphatic rings. The molecule has 16 heavy (non-hydrogen) atoms. The van der Waals surface area contributed by atoms with Gasteiger partial charge in [-0.2, -0.15) is 0 Å². The first-order valence-electron chi connectivity index (χ1n) is 5.76. The molecule has 3 nitrogen and oxygen atoms in total. The van der Waals surface area contributed by atoms with Gasteiger partial charge in [0.2, 0.25) is 0 Å². The molecule has 1 aliphatic heterocycles. The number of piperidine rings is 1. The van der Waals surface area contributed by atoms with Crippen LogP contribution in [0.4, 0.5) is 0 Å². The summed E-state index contributed by atoms with van der Waals surface area (Å²) < 4.78 is 4.73. The molecule has 0 spiro atoms. The van der Waals surface area contributed by atoms with Crippen LogP contribution in [0.2, 0.25) is 19.6 Å². The molecule has 0 aromatic heterocycles. The molecule has 90 valence electrons. The molecule has 4 heteroatoms. The number of hydrogen-bond acceptors (Lipinski definition) is 3. The summed E-state index contributed by atoms with van der Waals surface area (Å²) in [5, 5.41) is 3.30. The van der Waals surface area contributed by atoms with E-state index >= 15 is 0 Å². The van der Waals surface area contributed by atoms with Crippen molar-refractivity contribution in [3.05, 3.63) is 0 Å². The van der Waals surface area contributed by atoms with E-state index in [4.69, 9.17) is 4.74 Å². The Morgan fingerprint density at radius 2 is 2.06 bits per heavy atom. The maximum absolute atomic E-state index is 11.3. The molecular formula is C12H21NO2Si. The summed E-state index contributed by atoms with van der Waals surface area (Å²) in [5.74, 6) is 3.19. The molecule has 0 radical (unpaired) electrons. The summed E-state index contributed by atoms with van der Waals surface area (Å²) in [5.41, 5.74) is 3.36. The fraction of sp³-hybridized carbons (Fsp3) is 0.750. The smallest absolute Gasteiger partial charge is 0.309 e. The van der Waals surface area contributed by atoms with Crippen LogP contribution in [-0.2, 0) is 9.53 Å². The van der Waals surface area contributed by atoms with E-state index in [0.717, 1.165) is 12.8 Å². The largest absolute Gasteiger partial charge is 0.469 e. The third kappa shape index (κ3) is 4.38. The molecule has 2 atom stereocenters. The quantitative estimate of drug-likeness (QED) is 0.427. The highest BCUT2D eigenvalue weighted by Gasteiger charge is 2.25. The molecule has 0 aliphatic carbocycles. The van der Waals surface area contributed by atoms with Gasteiger partial charge >= 0.3 is 5.97 Å². The lowest BCUT2D eigenvalue weighted by Crippen LogP contribution is -2.41. The van der Waals surface area contributed by atoms with Gasteiger partial charge in [0.05, 0.1) is 19.1 Å². The molecular weight excluding hydrogens is 218 g/mol. The zero-order chi connectivity index (χ0) is 12.2. The zero-order valence-corrected chi connectivity index (χ0v) is 11.6. The minimum Gasteiger partial charge on any atom is -0.469 e. The molecule has 0 aromatic carbocycles. The Morgan fingerprint density at radius 1 is 1.38 bits per heavy atom. The fourth-order valence-corrected chi connectivity index (χ4v) is 2.26. The van der Waals surface area contributed by atoms with Crippen LogP contribution >= 0.6 is 0 Å². The average molecular weight is 239 g/mol. The van der Waals surface area contributed by atoms with E-state index in [1.807, 2.05) is 0 Å². The predicted octanol–water partition coefficient (Wildman–Crippen LogP) is 1.41. The number of carbonyl (C=O) groups excluding carboxylic acids is 1. The van der Waals surface area contributed by atoms with Crippen molar-refractivity contribution in [1.29, 1.82) is 0 Å². The number of methoxy groups -OCH3 is 1. The van der Waals surface area contributed by atoms with Crippen LogP contribution in [0.3, 0.4) is 0 Å². The number of esters is 1. The summed E-state index contributed by atoms with van der Waals surface area (Å²) in [6, 6.07) is 0.257. The van der Waals surface area contributed by atoms with Gasteiger partial charge in [0, 0.05) is 6.54 Å². The SMILES string of the molecule is COC(=O)[C@@H]1CC[C@H](C#C[Si](C)(C)C)NC1. The van der Waals surface area contributed by atoms with Gasteiger partial charge in [-0.3, -0.25) is 4.79 Å². The second-order valence-corrected chi connectivity index (χ2v) is 10.0.